The Hall–Kier alpha value is -2.36. The largest absolute Gasteiger partial charge is 0.359 e. The molecule has 4 heteroatoms. The molecular formula is C20H23FN2O. The molecule has 2 unspecified atom stereocenters. The van der Waals surface area contributed by atoms with E-state index < -0.39 is 0 Å². The van der Waals surface area contributed by atoms with Gasteiger partial charge < -0.3 is 10.2 Å². The minimum atomic E-state index is -0.268. The van der Waals surface area contributed by atoms with E-state index in [0.29, 0.717) is 12.6 Å². The number of rotatable bonds is 4. The fourth-order valence-electron chi connectivity index (χ4n) is 3.28. The molecule has 0 fully saturated rings. The van der Waals surface area contributed by atoms with E-state index in [4.69, 9.17) is 0 Å². The molecule has 3 nitrogen and oxygen atoms in total. The molecule has 2 aromatic rings. The van der Waals surface area contributed by atoms with Gasteiger partial charge in [0.15, 0.2) is 0 Å². The first-order valence-electron chi connectivity index (χ1n) is 8.44. The van der Waals surface area contributed by atoms with Crippen LogP contribution in [0, 0.1) is 5.82 Å². The van der Waals surface area contributed by atoms with Gasteiger partial charge >= 0.3 is 0 Å². The fraction of sp³-hybridized carbons (Fsp3) is 0.350. The summed E-state index contributed by atoms with van der Waals surface area (Å²) in [6.07, 6.45) is 2.11. The highest BCUT2D eigenvalue weighted by molar-refractivity contribution is 5.82. The summed E-state index contributed by atoms with van der Waals surface area (Å²) < 4.78 is 13.0. The molecule has 24 heavy (non-hydrogen) atoms. The molecule has 2 aromatic carbocycles. The maximum absolute atomic E-state index is 13.0. The van der Waals surface area contributed by atoms with Gasteiger partial charge in [0, 0.05) is 11.7 Å². The zero-order valence-corrected chi connectivity index (χ0v) is 14.1. The van der Waals surface area contributed by atoms with Gasteiger partial charge in [0.2, 0.25) is 5.91 Å². The summed E-state index contributed by atoms with van der Waals surface area (Å²) >= 11 is 0. The van der Waals surface area contributed by atoms with Crippen LogP contribution in [0.15, 0.2) is 48.5 Å². The predicted octanol–water partition coefficient (Wildman–Crippen LogP) is 3.84. The van der Waals surface area contributed by atoms with Crippen molar-refractivity contribution in [2.24, 2.45) is 0 Å². The molecule has 3 rings (SSSR count). The number of carbonyl (C=O) groups is 1. The number of benzene rings is 2. The van der Waals surface area contributed by atoms with Crippen LogP contribution in [0.2, 0.25) is 0 Å². The van der Waals surface area contributed by atoms with Crippen molar-refractivity contribution in [3.63, 3.8) is 0 Å². The molecule has 1 amide bonds. The van der Waals surface area contributed by atoms with E-state index in [2.05, 4.69) is 29.3 Å². The van der Waals surface area contributed by atoms with Crippen molar-refractivity contribution in [2.75, 3.05) is 11.4 Å². The number of anilines is 1. The van der Waals surface area contributed by atoms with Crippen molar-refractivity contribution >= 4 is 11.6 Å². The van der Waals surface area contributed by atoms with Crippen molar-refractivity contribution in [3.05, 3.63) is 65.5 Å². The number of nitrogens with zero attached hydrogens (tertiary/aromatic N) is 1. The Morgan fingerprint density at radius 2 is 1.96 bits per heavy atom. The third-order valence-electron chi connectivity index (χ3n) is 4.73. The molecule has 0 saturated heterocycles. The summed E-state index contributed by atoms with van der Waals surface area (Å²) in [6, 6.07) is 14.7. The second-order valence-electron chi connectivity index (χ2n) is 6.49. The summed E-state index contributed by atoms with van der Waals surface area (Å²) in [5.74, 6) is -0.286. The monoisotopic (exact) mass is 326 g/mol. The van der Waals surface area contributed by atoms with Crippen LogP contribution in [0.1, 0.15) is 37.4 Å². The number of fused-ring (bicyclic) bond motifs is 1. The van der Waals surface area contributed by atoms with Gasteiger partial charge in [-0.1, -0.05) is 30.3 Å². The number of para-hydroxylation sites is 1. The van der Waals surface area contributed by atoms with Gasteiger partial charge in [0.1, 0.15) is 5.82 Å². The zero-order valence-electron chi connectivity index (χ0n) is 14.1. The van der Waals surface area contributed by atoms with E-state index in [-0.39, 0.29) is 17.8 Å². The standard InChI is InChI=1S/C20H23FN2O/c1-14-7-8-17-5-3-4-6-19(17)23(14)13-20(24)22-15(2)16-9-11-18(21)12-10-16/h3-6,9-12,14-15H,7-8,13H2,1-2H3,(H,22,24). The van der Waals surface area contributed by atoms with Crippen LogP contribution in [0.3, 0.4) is 0 Å². The van der Waals surface area contributed by atoms with E-state index >= 15 is 0 Å². The number of aryl methyl sites for hydroxylation is 1. The highest BCUT2D eigenvalue weighted by Gasteiger charge is 2.24. The molecule has 1 aliphatic heterocycles. The second kappa shape index (κ2) is 7.04. The van der Waals surface area contributed by atoms with Crippen molar-refractivity contribution in [1.82, 2.24) is 5.32 Å². The van der Waals surface area contributed by atoms with E-state index in [1.165, 1.54) is 17.7 Å². The lowest BCUT2D eigenvalue weighted by atomic mass is 9.96. The van der Waals surface area contributed by atoms with Crippen LogP contribution in [-0.2, 0) is 11.2 Å². The SMILES string of the molecule is CC(NC(=O)CN1c2ccccc2CCC1C)c1ccc(F)cc1. The highest BCUT2D eigenvalue weighted by atomic mass is 19.1. The molecule has 0 bridgehead atoms. The Balaban J connectivity index is 1.67. The second-order valence-corrected chi connectivity index (χ2v) is 6.49. The molecule has 0 radical (unpaired) electrons. The van der Waals surface area contributed by atoms with E-state index in [1.807, 2.05) is 19.1 Å². The maximum atomic E-state index is 13.0. The Morgan fingerprint density at radius 3 is 2.71 bits per heavy atom. The van der Waals surface area contributed by atoms with Gasteiger partial charge in [-0.05, 0) is 56.0 Å². The molecule has 1 heterocycles. The van der Waals surface area contributed by atoms with E-state index in [0.717, 1.165) is 24.1 Å². The van der Waals surface area contributed by atoms with Crippen LogP contribution in [-0.4, -0.2) is 18.5 Å². The summed E-state index contributed by atoms with van der Waals surface area (Å²) in [7, 11) is 0. The molecule has 0 aliphatic carbocycles. The van der Waals surface area contributed by atoms with Gasteiger partial charge in [-0.2, -0.15) is 0 Å². The Bertz CT molecular complexity index is 714. The average molecular weight is 326 g/mol. The minimum Gasteiger partial charge on any atom is -0.359 e. The molecule has 0 aromatic heterocycles. The number of carbonyl (C=O) groups excluding carboxylic acids is 1. The zero-order chi connectivity index (χ0) is 17.1. The number of hydrogen-bond acceptors (Lipinski definition) is 2. The molecule has 0 saturated carbocycles. The van der Waals surface area contributed by atoms with E-state index in [1.54, 1.807) is 12.1 Å². The summed E-state index contributed by atoms with van der Waals surface area (Å²) in [6.45, 7) is 4.41. The molecular weight excluding hydrogens is 303 g/mol. The third kappa shape index (κ3) is 3.58. The first-order chi connectivity index (χ1) is 11.5. The topological polar surface area (TPSA) is 32.3 Å². The number of hydrogen-bond donors (Lipinski definition) is 1. The lowest BCUT2D eigenvalue weighted by Gasteiger charge is -2.36. The quantitative estimate of drug-likeness (QED) is 0.926. The van der Waals surface area contributed by atoms with Crippen LogP contribution < -0.4 is 10.2 Å². The number of halogens is 1. The van der Waals surface area contributed by atoms with Crippen molar-refractivity contribution in [3.8, 4) is 0 Å². The molecule has 1 aliphatic rings. The van der Waals surface area contributed by atoms with Crippen LogP contribution in [0.25, 0.3) is 0 Å². The van der Waals surface area contributed by atoms with Gasteiger partial charge in [-0.25, -0.2) is 4.39 Å². The lowest BCUT2D eigenvalue weighted by molar-refractivity contribution is -0.120. The van der Waals surface area contributed by atoms with E-state index in [9.17, 15) is 9.18 Å². The summed E-state index contributed by atoms with van der Waals surface area (Å²) in [4.78, 5) is 14.7. The maximum Gasteiger partial charge on any atom is 0.240 e. The Morgan fingerprint density at radius 1 is 1.25 bits per heavy atom. The normalized spacial score (nSPS) is 18.0. The summed E-state index contributed by atoms with van der Waals surface area (Å²) in [5.41, 5.74) is 3.35. The number of nitrogens with one attached hydrogen (secondary N) is 1. The van der Waals surface area contributed by atoms with Crippen molar-refractivity contribution in [1.29, 1.82) is 0 Å². The molecule has 126 valence electrons. The average Bonchev–Trinajstić information content (AvgIpc) is 2.58. The van der Waals surface area contributed by atoms with Crippen LogP contribution in [0.5, 0.6) is 0 Å². The van der Waals surface area contributed by atoms with Crippen molar-refractivity contribution < 1.29 is 9.18 Å². The third-order valence-corrected chi connectivity index (χ3v) is 4.73. The van der Waals surface area contributed by atoms with Crippen molar-refractivity contribution in [2.45, 2.75) is 38.8 Å². The van der Waals surface area contributed by atoms with Gasteiger partial charge in [0.25, 0.3) is 0 Å². The molecule has 2 atom stereocenters. The summed E-state index contributed by atoms with van der Waals surface area (Å²) in [5, 5.41) is 3.01. The highest BCUT2D eigenvalue weighted by Crippen LogP contribution is 2.30. The Kier molecular flexibility index (Phi) is 4.84. The smallest absolute Gasteiger partial charge is 0.240 e. The first kappa shape index (κ1) is 16.5. The fourth-order valence-corrected chi connectivity index (χ4v) is 3.28. The van der Waals surface area contributed by atoms with Gasteiger partial charge in [-0.3, -0.25) is 4.79 Å². The molecule has 0 spiro atoms. The lowest BCUT2D eigenvalue weighted by Crippen LogP contribution is -2.44. The first-order valence-corrected chi connectivity index (χ1v) is 8.44. The predicted molar refractivity (Wildman–Crippen MR) is 94.5 cm³/mol. The van der Waals surface area contributed by atoms with Gasteiger partial charge in [-0.15, -0.1) is 0 Å². The van der Waals surface area contributed by atoms with Crippen LogP contribution in [0.4, 0.5) is 10.1 Å². The Labute approximate surface area is 142 Å². The van der Waals surface area contributed by atoms with Crippen LogP contribution >= 0.6 is 0 Å². The molecule has 1 N–H and O–H groups in total. The minimum absolute atomic E-state index is 0.0182. The number of amides is 1. The van der Waals surface area contributed by atoms with Gasteiger partial charge in [0.05, 0.1) is 12.6 Å².